The molecule has 1 aromatic heterocycles. The lowest BCUT2D eigenvalue weighted by Gasteiger charge is -2.17. The standard InChI is InChI=1S/C25H25FN4O/c1-16(15-30(2)3)25(31)27-21-9-5-7-18(13-21)17-6-4-8-19(12-17)24-28-22-11-10-20(26)14-23(22)29-24/h4-14,16H,15H2,1-3H3,(H,27,31)(H,28,29). The van der Waals surface area contributed by atoms with E-state index in [1.165, 1.54) is 12.1 Å². The zero-order valence-electron chi connectivity index (χ0n) is 17.8. The Morgan fingerprint density at radius 2 is 1.74 bits per heavy atom. The van der Waals surface area contributed by atoms with Gasteiger partial charge in [0, 0.05) is 23.7 Å². The topological polar surface area (TPSA) is 61.0 Å². The number of fused-ring (bicyclic) bond motifs is 1. The van der Waals surface area contributed by atoms with Crippen LogP contribution in [-0.2, 0) is 4.79 Å². The molecule has 3 aromatic carbocycles. The fraction of sp³-hybridized carbons (Fsp3) is 0.200. The summed E-state index contributed by atoms with van der Waals surface area (Å²) < 4.78 is 13.5. The van der Waals surface area contributed by atoms with Crippen LogP contribution in [0.3, 0.4) is 0 Å². The van der Waals surface area contributed by atoms with Gasteiger partial charge in [0.25, 0.3) is 0 Å². The first-order chi connectivity index (χ1) is 14.9. The van der Waals surface area contributed by atoms with E-state index in [-0.39, 0.29) is 17.6 Å². The van der Waals surface area contributed by atoms with Crippen molar-refractivity contribution in [2.45, 2.75) is 6.92 Å². The number of aromatic amines is 1. The molecule has 0 bridgehead atoms. The second-order valence-electron chi connectivity index (χ2n) is 8.06. The summed E-state index contributed by atoms with van der Waals surface area (Å²) >= 11 is 0. The fourth-order valence-corrected chi connectivity index (χ4v) is 3.64. The van der Waals surface area contributed by atoms with Gasteiger partial charge in [-0.25, -0.2) is 9.37 Å². The summed E-state index contributed by atoms with van der Waals surface area (Å²) in [7, 11) is 3.91. The van der Waals surface area contributed by atoms with Gasteiger partial charge in [0.1, 0.15) is 11.6 Å². The summed E-state index contributed by atoms with van der Waals surface area (Å²) in [5.41, 5.74) is 5.04. The van der Waals surface area contributed by atoms with Gasteiger partial charge in [-0.15, -0.1) is 0 Å². The van der Waals surface area contributed by atoms with Crippen LogP contribution in [0.1, 0.15) is 6.92 Å². The lowest BCUT2D eigenvalue weighted by atomic mass is 10.0. The van der Waals surface area contributed by atoms with E-state index in [2.05, 4.69) is 15.3 Å². The highest BCUT2D eigenvalue weighted by atomic mass is 19.1. The zero-order chi connectivity index (χ0) is 22.0. The Bertz CT molecular complexity index is 1230. The molecule has 2 N–H and O–H groups in total. The largest absolute Gasteiger partial charge is 0.338 e. The maximum Gasteiger partial charge on any atom is 0.228 e. The molecule has 0 saturated heterocycles. The van der Waals surface area contributed by atoms with Crippen LogP contribution in [0.25, 0.3) is 33.5 Å². The highest BCUT2D eigenvalue weighted by Gasteiger charge is 2.14. The average molecular weight is 417 g/mol. The molecule has 1 amide bonds. The van der Waals surface area contributed by atoms with E-state index in [0.29, 0.717) is 17.9 Å². The molecule has 0 aliphatic rings. The minimum absolute atomic E-state index is 0.00546. The van der Waals surface area contributed by atoms with Crippen LogP contribution in [0.15, 0.2) is 66.7 Å². The van der Waals surface area contributed by atoms with Crippen LogP contribution in [0, 0.1) is 11.7 Å². The quantitative estimate of drug-likeness (QED) is 0.456. The molecule has 1 unspecified atom stereocenters. The summed E-state index contributed by atoms with van der Waals surface area (Å²) in [6.45, 7) is 2.61. The second kappa shape index (κ2) is 8.70. The van der Waals surface area contributed by atoms with E-state index in [4.69, 9.17) is 0 Å². The first kappa shape index (κ1) is 20.8. The summed E-state index contributed by atoms with van der Waals surface area (Å²) in [6, 6.07) is 20.3. The molecular formula is C25H25FN4O. The van der Waals surface area contributed by atoms with Crippen molar-refractivity contribution < 1.29 is 9.18 Å². The van der Waals surface area contributed by atoms with Gasteiger partial charge < -0.3 is 15.2 Å². The minimum atomic E-state index is -0.296. The van der Waals surface area contributed by atoms with Crippen molar-refractivity contribution in [3.63, 3.8) is 0 Å². The lowest BCUT2D eigenvalue weighted by Crippen LogP contribution is -2.29. The normalized spacial score (nSPS) is 12.3. The van der Waals surface area contributed by atoms with E-state index in [1.54, 1.807) is 6.07 Å². The number of amides is 1. The Hall–Kier alpha value is -3.51. The SMILES string of the molecule is CC(CN(C)C)C(=O)Nc1cccc(-c2cccc(-c3nc4ccc(F)cc4[nH]3)c2)c1. The number of anilines is 1. The Labute approximate surface area is 180 Å². The molecule has 31 heavy (non-hydrogen) atoms. The van der Waals surface area contributed by atoms with Crippen molar-refractivity contribution in [2.75, 3.05) is 26.0 Å². The predicted octanol–water partition coefficient (Wildman–Crippen LogP) is 5.17. The molecule has 0 saturated carbocycles. The number of nitrogens with one attached hydrogen (secondary N) is 2. The van der Waals surface area contributed by atoms with Gasteiger partial charge >= 0.3 is 0 Å². The molecule has 0 spiro atoms. The first-order valence-corrected chi connectivity index (χ1v) is 10.2. The van der Waals surface area contributed by atoms with Gasteiger partial charge in [0.15, 0.2) is 0 Å². The van der Waals surface area contributed by atoms with Crippen LogP contribution < -0.4 is 5.32 Å². The Morgan fingerprint density at radius 3 is 2.52 bits per heavy atom. The van der Waals surface area contributed by atoms with Gasteiger partial charge in [-0.1, -0.05) is 37.3 Å². The maximum atomic E-state index is 13.5. The third kappa shape index (κ3) is 4.81. The van der Waals surface area contributed by atoms with Gasteiger partial charge in [0.2, 0.25) is 5.91 Å². The van der Waals surface area contributed by atoms with E-state index in [1.807, 2.05) is 74.4 Å². The number of rotatable bonds is 6. The second-order valence-corrected chi connectivity index (χ2v) is 8.06. The summed E-state index contributed by atoms with van der Waals surface area (Å²) in [6.07, 6.45) is 0. The number of hydrogen-bond acceptors (Lipinski definition) is 3. The Kier molecular flexibility index (Phi) is 5.82. The average Bonchev–Trinajstić information content (AvgIpc) is 3.17. The summed E-state index contributed by atoms with van der Waals surface area (Å²) in [5.74, 6) is 0.272. The number of carbonyl (C=O) groups is 1. The minimum Gasteiger partial charge on any atom is -0.338 e. The highest BCUT2D eigenvalue weighted by molar-refractivity contribution is 5.93. The molecule has 0 radical (unpaired) electrons. The molecule has 1 heterocycles. The third-order valence-corrected chi connectivity index (χ3v) is 5.13. The van der Waals surface area contributed by atoms with Crippen molar-refractivity contribution in [3.8, 4) is 22.5 Å². The van der Waals surface area contributed by atoms with Crippen LogP contribution in [0.5, 0.6) is 0 Å². The number of halogens is 1. The fourth-order valence-electron chi connectivity index (χ4n) is 3.64. The molecular weight excluding hydrogens is 391 g/mol. The maximum absolute atomic E-state index is 13.5. The Balaban J connectivity index is 1.59. The van der Waals surface area contributed by atoms with E-state index in [0.717, 1.165) is 27.9 Å². The van der Waals surface area contributed by atoms with Crippen molar-refractivity contribution >= 4 is 22.6 Å². The zero-order valence-corrected chi connectivity index (χ0v) is 17.8. The van der Waals surface area contributed by atoms with E-state index in [9.17, 15) is 9.18 Å². The van der Waals surface area contributed by atoms with Crippen LogP contribution >= 0.6 is 0 Å². The van der Waals surface area contributed by atoms with Crippen molar-refractivity contribution in [3.05, 3.63) is 72.5 Å². The molecule has 0 fully saturated rings. The van der Waals surface area contributed by atoms with Crippen molar-refractivity contribution in [2.24, 2.45) is 5.92 Å². The predicted molar refractivity (Wildman–Crippen MR) is 123 cm³/mol. The third-order valence-electron chi connectivity index (χ3n) is 5.13. The smallest absolute Gasteiger partial charge is 0.228 e. The molecule has 0 aliphatic heterocycles. The van der Waals surface area contributed by atoms with Crippen molar-refractivity contribution in [1.29, 1.82) is 0 Å². The number of nitrogens with zero attached hydrogens (tertiary/aromatic N) is 2. The summed E-state index contributed by atoms with van der Waals surface area (Å²) in [4.78, 5) is 22.2. The molecule has 5 nitrogen and oxygen atoms in total. The number of carbonyl (C=O) groups excluding carboxylic acids is 1. The lowest BCUT2D eigenvalue weighted by molar-refractivity contribution is -0.119. The number of imidazole rings is 1. The van der Waals surface area contributed by atoms with Crippen LogP contribution in [-0.4, -0.2) is 41.4 Å². The number of aromatic nitrogens is 2. The Morgan fingerprint density at radius 1 is 1.03 bits per heavy atom. The van der Waals surface area contributed by atoms with E-state index < -0.39 is 0 Å². The van der Waals surface area contributed by atoms with Gasteiger partial charge in [-0.3, -0.25) is 4.79 Å². The van der Waals surface area contributed by atoms with Gasteiger partial charge in [-0.05, 0) is 61.6 Å². The van der Waals surface area contributed by atoms with Gasteiger partial charge in [-0.2, -0.15) is 0 Å². The first-order valence-electron chi connectivity index (χ1n) is 10.2. The number of H-pyrrole nitrogens is 1. The number of benzene rings is 3. The highest BCUT2D eigenvalue weighted by Crippen LogP contribution is 2.28. The monoisotopic (exact) mass is 416 g/mol. The van der Waals surface area contributed by atoms with Crippen LogP contribution in [0.4, 0.5) is 10.1 Å². The van der Waals surface area contributed by atoms with E-state index >= 15 is 0 Å². The van der Waals surface area contributed by atoms with Gasteiger partial charge in [0.05, 0.1) is 11.0 Å². The molecule has 0 aliphatic carbocycles. The molecule has 158 valence electrons. The number of hydrogen-bond donors (Lipinski definition) is 2. The molecule has 1 atom stereocenters. The van der Waals surface area contributed by atoms with Crippen LogP contribution in [0.2, 0.25) is 0 Å². The van der Waals surface area contributed by atoms with Crippen molar-refractivity contribution in [1.82, 2.24) is 14.9 Å². The molecule has 4 rings (SSSR count). The summed E-state index contributed by atoms with van der Waals surface area (Å²) in [5, 5.41) is 3.01. The molecule has 4 aromatic rings. The molecule has 6 heteroatoms.